The molecule has 0 bridgehead atoms. The van der Waals surface area contributed by atoms with E-state index in [0.717, 1.165) is 130 Å². The van der Waals surface area contributed by atoms with Gasteiger partial charge < -0.3 is 69.0 Å². The van der Waals surface area contributed by atoms with Crippen LogP contribution in [0.5, 0.6) is 11.5 Å². The molecule has 0 radical (unpaired) electrons. The highest BCUT2D eigenvalue weighted by Crippen LogP contribution is 2.38. The van der Waals surface area contributed by atoms with Gasteiger partial charge in [-0.2, -0.15) is 0 Å². The number of hydrogen-bond donors (Lipinski definition) is 4. The quantitative estimate of drug-likeness (QED) is 0.00783. The fourth-order valence-corrected chi connectivity index (χ4v) is 33.3. The number of aromatic hydroxyl groups is 2. The first-order valence-electron chi connectivity index (χ1n) is 44.4. The summed E-state index contributed by atoms with van der Waals surface area (Å²) in [5, 5.41) is 20.1. The number of H-pyrrole nitrogens is 1. The van der Waals surface area contributed by atoms with Crippen LogP contribution in [0.25, 0.3) is 11.0 Å². The number of hydrogen-bond acceptors (Lipinski definition) is 29. The van der Waals surface area contributed by atoms with Gasteiger partial charge in [0.25, 0.3) is 0 Å². The van der Waals surface area contributed by atoms with E-state index in [9.17, 15) is 73.8 Å². The van der Waals surface area contributed by atoms with Crippen molar-refractivity contribution in [1.29, 1.82) is 0 Å². The Morgan fingerprint density at radius 3 is 1.35 bits per heavy atom. The van der Waals surface area contributed by atoms with Crippen molar-refractivity contribution in [2.24, 2.45) is 5.92 Å². The molecule has 49 heteroatoms. The summed E-state index contributed by atoms with van der Waals surface area (Å²) in [5.74, 6) is 0.314. The van der Waals surface area contributed by atoms with Gasteiger partial charge in [-0.15, -0.1) is 0 Å². The molecule has 5 fully saturated rings. The van der Waals surface area contributed by atoms with E-state index >= 15 is 0 Å². The lowest BCUT2D eigenvalue weighted by Gasteiger charge is -2.28. The second-order valence-electron chi connectivity index (χ2n) is 33.2. The zero-order chi connectivity index (χ0) is 105. The summed E-state index contributed by atoms with van der Waals surface area (Å²) in [7, 11) is -6.42. The largest absolute Gasteiger partial charge is 0.506 e. The number of aromatic amines is 1. The molecule has 30 nitrogen and oxygen atoms in total. The number of likely N-dealkylation sites (tertiary alicyclic amines) is 2. The number of imidazole rings is 1. The number of ether oxygens (including phenoxy) is 6. The number of piperidine rings is 2. The van der Waals surface area contributed by atoms with E-state index in [0.29, 0.717) is 152 Å². The van der Waals surface area contributed by atoms with Gasteiger partial charge in [-0.3, -0.25) is 14.5 Å². The zero-order valence-corrected chi connectivity index (χ0v) is 113. The van der Waals surface area contributed by atoms with E-state index in [1.807, 2.05) is 128 Å². The fraction of sp³-hybridized carbons (Fsp3) is 0.452. The van der Waals surface area contributed by atoms with Crippen LogP contribution < -0.4 is 5.73 Å². The van der Waals surface area contributed by atoms with Gasteiger partial charge in [0.2, 0.25) is 0 Å². The van der Waals surface area contributed by atoms with Gasteiger partial charge in [0.1, 0.15) is 46.6 Å². The molecule has 6 heterocycles. The molecule has 5 saturated heterocycles. The van der Waals surface area contributed by atoms with Gasteiger partial charge in [-0.25, -0.2) is 59.0 Å². The molecule has 8 aromatic rings. The highest BCUT2D eigenvalue weighted by molar-refractivity contribution is 14.1. The Morgan fingerprint density at radius 2 is 0.831 bits per heavy atom. The monoisotopic (exact) mass is 3760 g/mol. The SMILES string of the molecule is CC(=O)Cc1c(I)c(CC(C)=O)c(I)c(C(=O)OCCN2CCCCC2)c1I.CN1CCC(COC(=O)c2c(I)cc(I)c(N)c2I)CC1.O=C(OCCCN1CCS(=O)(=O)CC1)c1c(I)ccc(I)c1I.O=C(OCCCN1CCS(=O)(=O)CC1)c1c(I)ccc(I)c1O.O=C(OCCCN1CCS(=O)(=O)CC1)c1cc(I)ccc1Br.O=C(OCCCc1nc2ccccc2[nH]1)c1c(O)c(I)cc(I)c1I. The molecular weight excluding hydrogens is 3660 g/mol. The van der Waals surface area contributed by atoms with E-state index < -0.39 is 41.5 Å². The number of esters is 6. The average molecular weight is 3770 g/mol. The van der Waals surface area contributed by atoms with E-state index in [1.165, 1.54) is 33.1 Å². The number of sulfone groups is 3. The minimum Gasteiger partial charge on any atom is -0.506 e. The van der Waals surface area contributed by atoms with Crippen LogP contribution >= 0.6 is 355 Å². The van der Waals surface area contributed by atoms with Crippen LogP contribution in [0.2, 0.25) is 0 Å². The van der Waals surface area contributed by atoms with Crippen molar-refractivity contribution in [3.8, 4) is 11.5 Å². The minimum absolute atomic E-state index is 0.0206. The number of nitrogens with zero attached hydrogens (tertiary/aromatic N) is 6. The van der Waals surface area contributed by atoms with Gasteiger partial charge in [0.05, 0.1) is 117 Å². The number of carbonyl (C=O) groups excluding carboxylic acids is 8. The molecule has 0 atom stereocenters. The predicted molar refractivity (Wildman–Crippen MR) is 679 cm³/mol. The minimum atomic E-state index is -2.87. The van der Waals surface area contributed by atoms with Crippen LogP contribution in [0.1, 0.15) is 151 Å². The molecule has 13 rings (SSSR count). The third kappa shape index (κ3) is 42.0. The number of anilines is 1. The van der Waals surface area contributed by atoms with Crippen molar-refractivity contribution in [3.05, 3.63) is 187 Å². The number of rotatable bonds is 31. The Bertz CT molecular complexity index is 5920. The van der Waals surface area contributed by atoms with Gasteiger partial charge in [0, 0.05) is 132 Å². The number of fused-ring (bicyclic) bond motifs is 1. The van der Waals surface area contributed by atoms with Crippen LogP contribution in [-0.2, 0) is 86.8 Å². The summed E-state index contributed by atoms with van der Waals surface area (Å²) in [6.45, 7) is 15.7. The van der Waals surface area contributed by atoms with E-state index in [1.54, 1.807) is 18.2 Å². The second-order valence-corrected chi connectivity index (χ2v) is 58.0. The van der Waals surface area contributed by atoms with Crippen LogP contribution in [0.4, 0.5) is 5.69 Å². The Kier molecular flexibility index (Phi) is 57.4. The van der Waals surface area contributed by atoms with Crippen LogP contribution in [-0.4, -0.2) is 290 Å². The molecule has 778 valence electrons. The second kappa shape index (κ2) is 63.8. The first kappa shape index (κ1) is 128. The molecular formula is C93H104BrI15N8O22S3. The Labute approximate surface area is 1040 Å². The van der Waals surface area contributed by atoms with Crippen molar-refractivity contribution in [3.63, 3.8) is 0 Å². The summed E-state index contributed by atoms with van der Waals surface area (Å²) in [6, 6.07) is 24.5. The Hall–Kier alpha value is 0.650. The molecule has 0 unspecified atom stereocenters. The number of Topliss-reactive ketones (excluding diaryl/α,β-unsaturated/α-hetero) is 2. The Morgan fingerprint density at radius 1 is 0.415 bits per heavy atom. The molecule has 5 aliphatic heterocycles. The molecule has 7 aromatic carbocycles. The summed E-state index contributed by atoms with van der Waals surface area (Å²) >= 11 is 35.1. The number of benzene rings is 7. The maximum atomic E-state index is 12.9. The number of para-hydroxylation sites is 2. The number of halogens is 16. The lowest BCUT2D eigenvalue weighted by molar-refractivity contribution is -0.117. The van der Waals surface area contributed by atoms with Crippen molar-refractivity contribution >= 4 is 448 Å². The third-order valence-electron chi connectivity index (χ3n) is 22.5. The first-order chi connectivity index (χ1) is 67.1. The van der Waals surface area contributed by atoms with Crippen molar-refractivity contribution < 1.29 is 102 Å². The van der Waals surface area contributed by atoms with Crippen molar-refractivity contribution in [2.75, 3.05) is 179 Å². The number of nitrogens with one attached hydrogen (secondary N) is 1. The Balaban J connectivity index is 0.000000209. The van der Waals surface area contributed by atoms with Crippen LogP contribution in [0.15, 0.2) is 83.3 Å². The summed E-state index contributed by atoms with van der Waals surface area (Å²) in [5.41, 5.74) is 12.9. The van der Waals surface area contributed by atoms with E-state index in [-0.39, 0.29) is 119 Å². The highest BCUT2D eigenvalue weighted by Gasteiger charge is 2.32. The average Bonchev–Trinajstić information content (AvgIpc) is 1.05. The van der Waals surface area contributed by atoms with Crippen molar-refractivity contribution in [2.45, 2.75) is 90.9 Å². The fourth-order valence-electron chi connectivity index (χ4n) is 14.5. The third-order valence-corrected chi connectivity index (χ3v) is 44.7. The molecule has 5 N–H and O–H groups in total. The van der Waals surface area contributed by atoms with Crippen LogP contribution in [0.3, 0.4) is 0 Å². The molecule has 0 aliphatic carbocycles. The smallest absolute Gasteiger partial charge is 0.343 e. The summed E-state index contributed by atoms with van der Waals surface area (Å²) in [4.78, 5) is 116. The maximum absolute atomic E-state index is 12.9. The number of aromatic nitrogens is 2. The number of ketones is 2. The number of nitrogens with two attached hydrogens (primary N) is 1. The molecule has 1 aromatic heterocycles. The normalized spacial score (nSPS) is 15.9. The number of aryl methyl sites for hydroxylation is 1. The number of phenolic OH excluding ortho intramolecular Hbond substituents is 2. The first-order valence-corrected chi connectivity index (χ1v) is 66.9. The van der Waals surface area contributed by atoms with Gasteiger partial charge in [-0.05, 0) is 537 Å². The molecule has 0 saturated carbocycles. The standard InChI is InChI=1S/C20H24I3NO4.C17H13I3N2O3.C14H17BrINO4S.C14H17I3N2O2.C14H16I3NO4S.C14H17I2NO5S/c1-12(25)10-14-17(21)15(11-13(2)26)19(23)16(18(14)22)20(27)28-9-8-24-6-4-3-5-7-24;18-9-8-10(19)16(23)14(15(9)20)17(24)25-7-3-6-13-21-11-4-1-2-5-12(11)22-13;15-13-3-2-11(16)10-12(13)14(18)21-7-1-4-17-5-8-22(19,20)9-6-17;1-19-4-2-8(3-5-19)7-21-14(20)11-9(15)6-10(16)13(18)12(11)17;15-10-2-3-11(16)13(17)12(10)14(19)22-7-1-4-18-5-8-23(20,21)9-6-18;15-10-2-3-11(16)13(18)12(10)14(19)22-7-1-4-17-5-8-23(20,21)9-6-17/h3-11H2,1-2H3;1-2,4-5,8,23H,3,6-7H2,(H,21,22);2-3,10H,1,4-9H2;6,8H,2-5,7,18H2,1H3;2-3H,1,4-9H2;2-3,18H,1,4-9H2. The summed E-state index contributed by atoms with van der Waals surface area (Å²) in [6.07, 6.45) is 9.72. The van der Waals surface area contributed by atoms with E-state index in [2.05, 4.69) is 329 Å². The summed E-state index contributed by atoms with van der Waals surface area (Å²) < 4.78 is 113. The van der Waals surface area contributed by atoms with Gasteiger partial charge in [-0.1, -0.05) is 18.6 Å². The van der Waals surface area contributed by atoms with Gasteiger partial charge in [0.15, 0.2) is 29.5 Å². The lowest BCUT2D eigenvalue weighted by Crippen LogP contribution is -2.40. The molecule has 0 amide bonds. The number of carbonyl (C=O) groups is 8. The highest BCUT2D eigenvalue weighted by atomic mass is 127. The number of nitrogen functional groups attached to an aromatic ring is 1. The lowest BCUT2D eigenvalue weighted by atomic mass is 9.98. The molecule has 5 aliphatic rings. The molecule has 142 heavy (non-hydrogen) atoms. The van der Waals surface area contributed by atoms with Gasteiger partial charge >= 0.3 is 35.8 Å². The zero-order valence-electron chi connectivity index (χ0n) is 77.0. The van der Waals surface area contributed by atoms with E-state index in [4.69, 9.17) is 34.2 Å². The predicted octanol–water partition coefficient (Wildman–Crippen LogP) is 19.8. The van der Waals surface area contributed by atoms with Crippen molar-refractivity contribution in [1.82, 2.24) is 34.5 Å². The number of phenols is 2. The topological polar surface area (TPSA) is 406 Å². The van der Waals surface area contributed by atoms with Crippen LogP contribution in [0, 0.1) is 59.5 Å². The maximum Gasteiger partial charge on any atom is 0.343 e. The molecule has 0 spiro atoms.